The van der Waals surface area contributed by atoms with E-state index in [4.69, 9.17) is 5.11 Å². The van der Waals surface area contributed by atoms with E-state index in [0.29, 0.717) is 0 Å². The first-order chi connectivity index (χ1) is 14.7. The van der Waals surface area contributed by atoms with Crippen molar-refractivity contribution in [3.8, 4) is 0 Å². The average Bonchev–Trinajstić information content (AvgIpc) is 3.48. The van der Waals surface area contributed by atoms with Crippen LogP contribution in [0.25, 0.3) is 0 Å². The third-order valence-electron chi connectivity index (χ3n) is 6.42. The fraction of sp³-hybridized carbons (Fsp3) is 0.821. The Labute approximate surface area is 187 Å². The maximum Gasteiger partial charge on any atom is 0.303 e. The minimum atomic E-state index is -0.688. The molecular weight excluding hydrogens is 368 g/mol. The van der Waals surface area contributed by atoms with Crippen LogP contribution in [0.5, 0.6) is 0 Å². The Bertz CT molecular complexity index is 463. The second-order valence-corrected chi connectivity index (χ2v) is 9.40. The van der Waals surface area contributed by atoms with E-state index < -0.39 is 5.97 Å². The third-order valence-corrected chi connectivity index (χ3v) is 6.42. The molecule has 0 spiro atoms. The first kappa shape index (κ1) is 27.0. The Morgan fingerprint density at radius 3 is 1.87 bits per heavy atom. The highest BCUT2D eigenvalue weighted by molar-refractivity contribution is 5.66. The summed E-state index contributed by atoms with van der Waals surface area (Å²) in [5, 5.41) is 8.59. The van der Waals surface area contributed by atoms with Crippen molar-refractivity contribution in [3.63, 3.8) is 0 Å². The molecule has 0 aliphatic heterocycles. The summed E-state index contributed by atoms with van der Waals surface area (Å²) in [5.41, 5.74) is 1.70. The van der Waals surface area contributed by atoms with Gasteiger partial charge in [0, 0.05) is 6.42 Å². The molecule has 1 aliphatic rings. The zero-order valence-electron chi connectivity index (χ0n) is 20.0. The van der Waals surface area contributed by atoms with Crippen LogP contribution in [0.1, 0.15) is 142 Å². The molecule has 1 rings (SSSR count). The van der Waals surface area contributed by atoms with E-state index in [-0.39, 0.29) is 6.42 Å². The highest BCUT2D eigenvalue weighted by atomic mass is 16.4. The van der Waals surface area contributed by atoms with Crippen LogP contribution in [0.3, 0.4) is 0 Å². The number of aliphatic carboxylic acids is 1. The molecule has 0 unspecified atom stereocenters. The zero-order chi connectivity index (χ0) is 21.7. The van der Waals surface area contributed by atoms with Crippen molar-refractivity contribution in [2.24, 2.45) is 5.92 Å². The first-order valence-electron chi connectivity index (χ1n) is 13.3. The fourth-order valence-corrected chi connectivity index (χ4v) is 4.32. The van der Waals surface area contributed by atoms with E-state index in [2.05, 4.69) is 25.2 Å². The molecule has 0 aromatic carbocycles. The van der Waals surface area contributed by atoms with Gasteiger partial charge in [-0.1, -0.05) is 121 Å². The van der Waals surface area contributed by atoms with Crippen molar-refractivity contribution >= 4 is 5.97 Å². The van der Waals surface area contributed by atoms with Crippen molar-refractivity contribution in [2.45, 2.75) is 142 Å². The lowest BCUT2D eigenvalue weighted by Gasteiger charge is -2.03. The van der Waals surface area contributed by atoms with E-state index in [9.17, 15) is 4.79 Å². The van der Waals surface area contributed by atoms with E-state index in [1.165, 1.54) is 103 Å². The lowest BCUT2D eigenvalue weighted by atomic mass is 10.0. The summed E-state index contributed by atoms with van der Waals surface area (Å²) in [4.78, 5) is 10.4. The molecule has 0 heterocycles. The summed E-state index contributed by atoms with van der Waals surface area (Å²) in [5.74, 6) is 0.216. The number of unbranched alkanes of at least 4 members (excludes halogenated alkanes) is 15. The summed E-state index contributed by atoms with van der Waals surface area (Å²) in [6.07, 6.45) is 33.9. The summed E-state index contributed by atoms with van der Waals surface area (Å²) in [6, 6.07) is 0. The Balaban J connectivity index is 1.78. The maximum atomic E-state index is 10.4. The van der Waals surface area contributed by atoms with Crippen LogP contribution in [0.2, 0.25) is 0 Å². The Hall–Kier alpha value is -1.05. The molecule has 1 N–H and O–H groups in total. The molecule has 1 fully saturated rings. The monoisotopic (exact) mass is 418 g/mol. The van der Waals surface area contributed by atoms with Crippen molar-refractivity contribution in [1.29, 1.82) is 0 Å². The largest absolute Gasteiger partial charge is 0.481 e. The lowest BCUT2D eigenvalue weighted by molar-refractivity contribution is -0.137. The second kappa shape index (κ2) is 19.9. The van der Waals surface area contributed by atoms with E-state index in [1.807, 2.05) is 0 Å². The molecule has 1 atom stereocenters. The van der Waals surface area contributed by atoms with Crippen molar-refractivity contribution < 1.29 is 9.90 Å². The van der Waals surface area contributed by atoms with Crippen LogP contribution in [0, 0.1) is 5.92 Å². The van der Waals surface area contributed by atoms with Crippen molar-refractivity contribution in [2.75, 3.05) is 0 Å². The van der Waals surface area contributed by atoms with Gasteiger partial charge in [-0.15, -0.1) is 0 Å². The molecule has 30 heavy (non-hydrogen) atoms. The molecule has 0 bridgehead atoms. The Kier molecular flexibility index (Phi) is 17.9. The molecule has 1 saturated carbocycles. The SMILES string of the molecule is CCCCCCCCCCCCCCCC[C@@H]1CC1=CCC/C=C\CCCC(=O)O. The average molecular weight is 419 g/mol. The van der Waals surface area contributed by atoms with Crippen LogP contribution >= 0.6 is 0 Å². The van der Waals surface area contributed by atoms with Crippen molar-refractivity contribution in [3.05, 3.63) is 23.8 Å². The van der Waals surface area contributed by atoms with Crippen LogP contribution in [-0.4, -0.2) is 11.1 Å². The molecule has 0 radical (unpaired) electrons. The molecular formula is C28H50O2. The molecule has 2 heteroatoms. The van der Waals surface area contributed by atoms with E-state index in [0.717, 1.165) is 31.6 Å². The standard InChI is InChI=1S/C28H50O2/c1-2-3-4-5-6-7-8-9-10-11-12-13-16-19-22-26-25-27(26)23-20-17-14-15-18-21-24-28(29)30/h14-15,23,26H,2-13,16-22,24-25H2,1H3,(H,29,30)/b15-14-,27-23?/t26-/m1/s1. The van der Waals surface area contributed by atoms with E-state index >= 15 is 0 Å². The van der Waals surface area contributed by atoms with Gasteiger partial charge in [-0.05, 0) is 44.4 Å². The van der Waals surface area contributed by atoms with Gasteiger partial charge in [0.05, 0.1) is 0 Å². The second-order valence-electron chi connectivity index (χ2n) is 9.40. The molecule has 0 saturated heterocycles. The summed E-state index contributed by atoms with van der Waals surface area (Å²) >= 11 is 0. The molecule has 0 amide bonds. The highest BCUT2D eigenvalue weighted by Crippen LogP contribution is 2.42. The minimum absolute atomic E-state index is 0.287. The molecule has 1 aliphatic carbocycles. The fourth-order valence-electron chi connectivity index (χ4n) is 4.32. The smallest absolute Gasteiger partial charge is 0.303 e. The Morgan fingerprint density at radius 1 is 0.767 bits per heavy atom. The van der Waals surface area contributed by atoms with Gasteiger partial charge >= 0.3 is 5.97 Å². The number of hydrogen-bond donors (Lipinski definition) is 1. The number of hydrogen-bond acceptors (Lipinski definition) is 1. The van der Waals surface area contributed by atoms with Gasteiger partial charge in [0.15, 0.2) is 0 Å². The van der Waals surface area contributed by atoms with Gasteiger partial charge in [-0.2, -0.15) is 0 Å². The van der Waals surface area contributed by atoms with Crippen LogP contribution in [0.4, 0.5) is 0 Å². The van der Waals surface area contributed by atoms with Crippen molar-refractivity contribution in [1.82, 2.24) is 0 Å². The molecule has 0 aromatic rings. The highest BCUT2D eigenvalue weighted by Gasteiger charge is 2.27. The summed E-state index contributed by atoms with van der Waals surface area (Å²) in [6.45, 7) is 2.29. The first-order valence-corrected chi connectivity index (χ1v) is 13.3. The summed E-state index contributed by atoms with van der Waals surface area (Å²) < 4.78 is 0. The minimum Gasteiger partial charge on any atom is -0.481 e. The van der Waals surface area contributed by atoms with Crippen LogP contribution in [-0.2, 0) is 4.79 Å². The number of carboxylic acid groups (broad SMARTS) is 1. The van der Waals surface area contributed by atoms with Crippen LogP contribution in [0.15, 0.2) is 23.8 Å². The normalized spacial score (nSPS) is 17.2. The number of carbonyl (C=O) groups is 1. The molecule has 174 valence electrons. The lowest BCUT2D eigenvalue weighted by Crippen LogP contribution is -1.92. The van der Waals surface area contributed by atoms with Gasteiger partial charge < -0.3 is 5.11 Å². The Morgan fingerprint density at radius 2 is 1.30 bits per heavy atom. The topological polar surface area (TPSA) is 37.3 Å². The van der Waals surface area contributed by atoms with E-state index in [1.54, 1.807) is 5.57 Å². The third kappa shape index (κ3) is 17.8. The van der Waals surface area contributed by atoms with Gasteiger partial charge in [0.2, 0.25) is 0 Å². The zero-order valence-corrected chi connectivity index (χ0v) is 20.0. The van der Waals surface area contributed by atoms with Gasteiger partial charge in [-0.3, -0.25) is 4.79 Å². The predicted octanol–water partition coefficient (Wildman–Crippen LogP) is 9.40. The molecule has 2 nitrogen and oxygen atoms in total. The predicted molar refractivity (Wildman–Crippen MR) is 131 cm³/mol. The summed E-state index contributed by atoms with van der Waals surface area (Å²) in [7, 11) is 0. The van der Waals surface area contributed by atoms with Gasteiger partial charge in [-0.25, -0.2) is 0 Å². The van der Waals surface area contributed by atoms with Gasteiger partial charge in [0.25, 0.3) is 0 Å². The quantitative estimate of drug-likeness (QED) is 0.140. The number of rotatable bonds is 22. The van der Waals surface area contributed by atoms with Crippen LogP contribution < -0.4 is 0 Å². The number of carboxylic acids is 1. The van der Waals surface area contributed by atoms with Gasteiger partial charge in [0.1, 0.15) is 0 Å². The number of allylic oxidation sites excluding steroid dienone is 4. The molecule has 0 aromatic heterocycles. The maximum absolute atomic E-state index is 10.4.